The molecule has 0 saturated heterocycles. The van der Waals surface area contributed by atoms with Crippen molar-refractivity contribution in [2.45, 2.75) is 13.5 Å². The van der Waals surface area contributed by atoms with E-state index in [-0.39, 0.29) is 12.5 Å². The molecule has 0 saturated carbocycles. The number of thiazole rings is 1. The van der Waals surface area contributed by atoms with E-state index in [0.29, 0.717) is 28.2 Å². The zero-order valence-electron chi connectivity index (χ0n) is 11.6. The Morgan fingerprint density at radius 2 is 2.18 bits per heavy atom. The molecule has 3 aromatic rings. The van der Waals surface area contributed by atoms with Crippen LogP contribution in [0.25, 0.3) is 0 Å². The molecule has 0 unspecified atom stereocenters. The Morgan fingerprint density at radius 3 is 2.82 bits per heavy atom. The highest BCUT2D eigenvalue weighted by molar-refractivity contribution is 7.13. The van der Waals surface area contributed by atoms with Gasteiger partial charge in [0.2, 0.25) is 11.7 Å². The average Bonchev–Trinajstić information content (AvgIpc) is 3.17. The maximum Gasteiger partial charge on any atom is 0.257 e. The molecule has 0 spiro atoms. The number of nitrogens with one attached hydrogen (secondary N) is 1. The summed E-state index contributed by atoms with van der Waals surface area (Å²) in [7, 11) is 0. The van der Waals surface area contributed by atoms with Crippen molar-refractivity contribution in [3.63, 3.8) is 0 Å². The number of benzene rings is 1. The molecule has 1 aromatic carbocycles. The van der Waals surface area contributed by atoms with Gasteiger partial charge in [0, 0.05) is 24.1 Å². The molecule has 0 aliphatic carbocycles. The smallest absolute Gasteiger partial charge is 0.257 e. The first-order valence-electron chi connectivity index (χ1n) is 6.43. The first-order valence-corrected chi connectivity index (χ1v) is 7.31. The summed E-state index contributed by atoms with van der Waals surface area (Å²) < 4.78 is 10.4. The van der Waals surface area contributed by atoms with Crippen molar-refractivity contribution in [3.05, 3.63) is 53.1 Å². The third kappa shape index (κ3) is 3.47. The molecule has 7 nitrogen and oxygen atoms in total. The molecule has 0 radical (unpaired) electrons. The van der Waals surface area contributed by atoms with Crippen LogP contribution < -0.4 is 10.1 Å². The molecule has 22 heavy (non-hydrogen) atoms. The monoisotopic (exact) mass is 316 g/mol. The largest absolute Gasteiger partial charge is 0.485 e. The second kappa shape index (κ2) is 6.35. The van der Waals surface area contributed by atoms with E-state index in [1.54, 1.807) is 42.8 Å². The number of hydrogen-bond donors (Lipinski definition) is 1. The normalized spacial score (nSPS) is 10.4. The van der Waals surface area contributed by atoms with Gasteiger partial charge in [-0.3, -0.25) is 10.1 Å². The van der Waals surface area contributed by atoms with Crippen LogP contribution in [0, 0.1) is 6.92 Å². The van der Waals surface area contributed by atoms with Gasteiger partial charge in [0.25, 0.3) is 5.91 Å². The lowest BCUT2D eigenvalue weighted by atomic mass is 10.2. The first-order chi connectivity index (χ1) is 10.7. The maximum atomic E-state index is 12.0. The number of amides is 1. The van der Waals surface area contributed by atoms with Crippen molar-refractivity contribution in [2.75, 3.05) is 5.32 Å². The Balaban J connectivity index is 1.58. The van der Waals surface area contributed by atoms with Crippen LogP contribution in [0.3, 0.4) is 0 Å². The zero-order chi connectivity index (χ0) is 15.4. The number of aryl methyl sites for hydroxylation is 1. The molecule has 0 aliphatic heterocycles. The van der Waals surface area contributed by atoms with Gasteiger partial charge in [0.15, 0.2) is 11.7 Å². The Labute approximate surface area is 130 Å². The van der Waals surface area contributed by atoms with E-state index in [2.05, 4.69) is 20.4 Å². The number of ether oxygens (including phenoxy) is 1. The summed E-state index contributed by atoms with van der Waals surface area (Å²) in [6.07, 6.45) is 1.64. The lowest BCUT2D eigenvalue weighted by Gasteiger charge is -2.05. The van der Waals surface area contributed by atoms with Crippen LogP contribution in [0.1, 0.15) is 22.1 Å². The summed E-state index contributed by atoms with van der Waals surface area (Å²) in [5.74, 6) is 1.37. The van der Waals surface area contributed by atoms with E-state index in [1.165, 1.54) is 11.3 Å². The molecule has 1 amide bonds. The predicted molar refractivity (Wildman–Crippen MR) is 79.9 cm³/mol. The second-order valence-corrected chi connectivity index (χ2v) is 5.23. The van der Waals surface area contributed by atoms with E-state index in [9.17, 15) is 4.79 Å². The van der Waals surface area contributed by atoms with E-state index < -0.39 is 0 Å². The Morgan fingerprint density at radius 1 is 1.36 bits per heavy atom. The number of nitrogens with zero attached hydrogens (tertiary/aromatic N) is 3. The van der Waals surface area contributed by atoms with Crippen LogP contribution in [-0.4, -0.2) is 21.0 Å². The fraction of sp³-hybridized carbons (Fsp3) is 0.143. The molecule has 1 N–H and O–H groups in total. The fourth-order valence-corrected chi connectivity index (χ4v) is 2.23. The van der Waals surface area contributed by atoms with Crippen LogP contribution in [0.2, 0.25) is 0 Å². The van der Waals surface area contributed by atoms with Gasteiger partial charge in [-0.1, -0.05) is 5.16 Å². The van der Waals surface area contributed by atoms with Crippen molar-refractivity contribution < 1.29 is 14.1 Å². The van der Waals surface area contributed by atoms with Gasteiger partial charge in [0.05, 0.1) is 0 Å². The number of carbonyl (C=O) groups is 1. The van der Waals surface area contributed by atoms with Crippen molar-refractivity contribution in [2.24, 2.45) is 0 Å². The molecule has 0 atom stereocenters. The van der Waals surface area contributed by atoms with Gasteiger partial charge in [-0.25, -0.2) is 4.98 Å². The van der Waals surface area contributed by atoms with E-state index >= 15 is 0 Å². The van der Waals surface area contributed by atoms with Gasteiger partial charge < -0.3 is 9.26 Å². The van der Waals surface area contributed by atoms with Crippen LogP contribution >= 0.6 is 11.3 Å². The number of anilines is 1. The minimum Gasteiger partial charge on any atom is -0.485 e. The molecule has 2 heterocycles. The molecule has 3 rings (SSSR count). The summed E-state index contributed by atoms with van der Waals surface area (Å²) in [5, 5.41) is 8.82. The highest BCUT2D eigenvalue weighted by Crippen LogP contribution is 2.16. The van der Waals surface area contributed by atoms with Gasteiger partial charge in [-0.15, -0.1) is 11.3 Å². The molecule has 112 valence electrons. The topological polar surface area (TPSA) is 90.1 Å². The zero-order valence-corrected chi connectivity index (χ0v) is 12.5. The first kappa shape index (κ1) is 14.2. The third-order valence-electron chi connectivity index (χ3n) is 2.71. The Bertz CT molecular complexity index is 753. The molecule has 0 bridgehead atoms. The summed E-state index contributed by atoms with van der Waals surface area (Å²) >= 11 is 1.37. The number of aromatic nitrogens is 3. The SMILES string of the molecule is Cc1nc(COc2ccc(C(=O)Nc3nccs3)cc2)no1. The summed E-state index contributed by atoms with van der Waals surface area (Å²) in [5.41, 5.74) is 0.526. The maximum absolute atomic E-state index is 12.0. The van der Waals surface area contributed by atoms with Gasteiger partial charge in [0.1, 0.15) is 5.75 Å². The molecule has 0 fully saturated rings. The standard InChI is InChI=1S/C14H12N4O3S/c1-9-16-12(18-21-9)8-20-11-4-2-10(3-5-11)13(19)17-14-15-6-7-22-14/h2-7H,8H2,1H3,(H,15,17,19). The third-order valence-corrected chi connectivity index (χ3v) is 3.40. The molecule has 8 heteroatoms. The van der Waals surface area contributed by atoms with Crippen molar-refractivity contribution in [1.29, 1.82) is 0 Å². The highest BCUT2D eigenvalue weighted by atomic mass is 32.1. The van der Waals surface area contributed by atoms with Crippen LogP contribution in [-0.2, 0) is 6.61 Å². The van der Waals surface area contributed by atoms with Crippen molar-refractivity contribution >= 4 is 22.4 Å². The van der Waals surface area contributed by atoms with Crippen LogP contribution in [0.5, 0.6) is 5.75 Å². The summed E-state index contributed by atoms with van der Waals surface area (Å²) in [6.45, 7) is 1.92. The van der Waals surface area contributed by atoms with Crippen LogP contribution in [0.4, 0.5) is 5.13 Å². The Kier molecular flexibility index (Phi) is 4.10. The average molecular weight is 316 g/mol. The quantitative estimate of drug-likeness (QED) is 0.778. The number of hydrogen-bond acceptors (Lipinski definition) is 7. The van der Waals surface area contributed by atoms with Crippen molar-refractivity contribution in [1.82, 2.24) is 15.1 Å². The van der Waals surface area contributed by atoms with E-state index in [4.69, 9.17) is 9.26 Å². The lowest BCUT2D eigenvalue weighted by molar-refractivity contribution is 0.102. The van der Waals surface area contributed by atoms with Gasteiger partial charge in [-0.2, -0.15) is 4.98 Å². The van der Waals surface area contributed by atoms with Gasteiger partial charge >= 0.3 is 0 Å². The lowest BCUT2D eigenvalue weighted by Crippen LogP contribution is -2.11. The minimum atomic E-state index is -0.213. The van der Waals surface area contributed by atoms with E-state index in [0.717, 1.165) is 0 Å². The fourth-order valence-electron chi connectivity index (χ4n) is 1.70. The molecule has 0 aliphatic rings. The summed E-state index contributed by atoms with van der Waals surface area (Å²) in [6, 6.07) is 6.78. The second-order valence-electron chi connectivity index (χ2n) is 4.33. The van der Waals surface area contributed by atoms with Crippen molar-refractivity contribution in [3.8, 4) is 5.75 Å². The molecule has 2 aromatic heterocycles. The van der Waals surface area contributed by atoms with E-state index in [1.807, 2.05) is 0 Å². The predicted octanol–water partition coefficient (Wildman–Crippen LogP) is 2.67. The summed E-state index contributed by atoms with van der Waals surface area (Å²) in [4.78, 5) is 20.0. The minimum absolute atomic E-state index is 0.210. The van der Waals surface area contributed by atoms with Gasteiger partial charge in [-0.05, 0) is 24.3 Å². The highest BCUT2D eigenvalue weighted by Gasteiger charge is 2.08. The van der Waals surface area contributed by atoms with Crippen LogP contribution in [0.15, 0.2) is 40.4 Å². The number of carbonyl (C=O) groups excluding carboxylic acids is 1. The number of rotatable bonds is 5. The molecular weight excluding hydrogens is 304 g/mol. The molecular formula is C14H12N4O3S. The Hall–Kier alpha value is -2.74.